The van der Waals surface area contributed by atoms with E-state index in [2.05, 4.69) is 45.1 Å². The quantitative estimate of drug-likeness (QED) is 0.690. The minimum absolute atomic E-state index is 0.0764. The highest BCUT2D eigenvalue weighted by atomic mass is 16.1. The van der Waals surface area contributed by atoms with Gasteiger partial charge in [-0.2, -0.15) is 0 Å². The summed E-state index contributed by atoms with van der Waals surface area (Å²) in [6.07, 6.45) is 0.526. The van der Waals surface area contributed by atoms with E-state index in [1.54, 1.807) is 0 Å². The number of fused-ring (bicyclic) bond motifs is 1. The van der Waals surface area contributed by atoms with Crippen molar-refractivity contribution >= 4 is 11.6 Å². The van der Waals surface area contributed by atoms with E-state index in [1.807, 2.05) is 0 Å². The van der Waals surface area contributed by atoms with Gasteiger partial charge >= 0.3 is 0 Å². The molecule has 0 atom stereocenters. The summed E-state index contributed by atoms with van der Waals surface area (Å²) >= 11 is 0. The van der Waals surface area contributed by atoms with Crippen molar-refractivity contribution in [2.24, 2.45) is 0 Å². The molecule has 2 nitrogen and oxygen atoms in total. The van der Waals surface area contributed by atoms with Crippen LogP contribution in [-0.2, 0) is 16.6 Å². The van der Waals surface area contributed by atoms with Crippen molar-refractivity contribution in [2.45, 2.75) is 39.5 Å². The highest BCUT2D eigenvalue weighted by Gasteiger charge is 2.27. The first-order valence-electron chi connectivity index (χ1n) is 5.32. The second-order valence-electron chi connectivity index (χ2n) is 5.27. The van der Waals surface area contributed by atoms with E-state index in [4.69, 9.17) is 0 Å². The van der Waals surface area contributed by atoms with Crippen LogP contribution in [0.15, 0.2) is 12.1 Å². The Morgan fingerprint density at radius 2 is 1.93 bits per heavy atom. The Morgan fingerprint density at radius 1 is 1.27 bits per heavy atom. The molecule has 1 aliphatic rings. The second-order valence-corrected chi connectivity index (χ2v) is 5.27. The number of amides is 1. The van der Waals surface area contributed by atoms with Gasteiger partial charge in [-0.25, -0.2) is 0 Å². The Hall–Kier alpha value is -1.31. The van der Waals surface area contributed by atoms with E-state index in [9.17, 15) is 4.79 Å². The first kappa shape index (κ1) is 10.2. The molecule has 1 aliphatic heterocycles. The van der Waals surface area contributed by atoms with Crippen LogP contribution in [0, 0.1) is 6.92 Å². The van der Waals surface area contributed by atoms with Crippen LogP contribution in [0.4, 0.5) is 5.69 Å². The fourth-order valence-corrected chi connectivity index (χ4v) is 2.36. The summed E-state index contributed by atoms with van der Waals surface area (Å²) in [5, 5.41) is 2.97. The van der Waals surface area contributed by atoms with E-state index in [0.29, 0.717) is 6.42 Å². The van der Waals surface area contributed by atoms with Gasteiger partial charge in [-0.15, -0.1) is 0 Å². The topological polar surface area (TPSA) is 29.1 Å². The first-order chi connectivity index (χ1) is 6.89. The summed E-state index contributed by atoms with van der Waals surface area (Å²) in [5.74, 6) is 0.112. The summed E-state index contributed by atoms with van der Waals surface area (Å²) in [6, 6.07) is 4.16. The molecule has 1 amide bonds. The highest BCUT2D eigenvalue weighted by molar-refractivity contribution is 6.00. The van der Waals surface area contributed by atoms with Gasteiger partial charge in [0, 0.05) is 5.69 Å². The fraction of sp³-hybridized carbons (Fsp3) is 0.462. The number of rotatable bonds is 0. The molecule has 1 N–H and O–H groups in total. The summed E-state index contributed by atoms with van der Waals surface area (Å²) in [5.41, 5.74) is 4.78. The lowest BCUT2D eigenvalue weighted by atomic mass is 9.82. The number of hydrogen-bond acceptors (Lipinski definition) is 1. The molecule has 0 aliphatic carbocycles. The Morgan fingerprint density at radius 3 is 2.53 bits per heavy atom. The summed E-state index contributed by atoms with van der Waals surface area (Å²) in [6.45, 7) is 8.64. The molecule has 2 heteroatoms. The lowest BCUT2D eigenvalue weighted by Crippen LogP contribution is -2.16. The van der Waals surface area contributed by atoms with Crippen molar-refractivity contribution in [1.82, 2.24) is 0 Å². The fourth-order valence-electron chi connectivity index (χ4n) is 2.36. The monoisotopic (exact) mass is 203 g/mol. The molecule has 0 bridgehead atoms. The number of carbonyl (C=O) groups excluding carboxylic acids is 1. The van der Waals surface area contributed by atoms with Crippen molar-refractivity contribution in [2.75, 3.05) is 5.32 Å². The molecule has 1 aromatic rings. The number of carbonyl (C=O) groups is 1. The van der Waals surface area contributed by atoms with Crippen molar-refractivity contribution in [3.63, 3.8) is 0 Å². The third-order valence-electron chi connectivity index (χ3n) is 2.87. The lowest BCUT2D eigenvalue weighted by Gasteiger charge is -2.24. The predicted molar refractivity (Wildman–Crippen MR) is 62.2 cm³/mol. The predicted octanol–water partition coefficient (Wildman–Crippen LogP) is 2.79. The van der Waals surface area contributed by atoms with E-state index in [-0.39, 0.29) is 11.3 Å². The maximum absolute atomic E-state index is 11.4. The van der Waals surface area contributed by atoms with Crippen molar-refractivity contribution in [3.8, 4) is 0 Å². The average molecular weight is 203 g/mol. The van der Waals surface area contributed by atoms with E-state index < -0.39 is 0 Å². The third-order valence-corrected chi connectivity index (χ3v) is 2.87. The first-order valence-corrected chi connectivity index (χ1v) is 5.32. The smallest absolute Gasteiger partial charge is 0.228 e. The van der Waals surface area contributed by atoms with E-state index >= 15 is 0 Å². The van der Waals surface area contributed by atoms with Crippen molar-refractivity contribution < 1.29 is 4.79 Å². The van der Waals surface area contributed by atoms with Gasteiger partial charge in [-0.1, -0.05) is 32.9 Å². The molecular weight excluding hydrogens is 186 g/mol. The Bertz CT molecular complexity index is 427. The lowest BCUT2D eigenvalue weighted by molar-refractivity contribution is -0.115. The standard InChI is InChI=1S/C13H17NO/c1-8-5-6-9-7-10(15)14-12(9)11(8)13(2,3)4/h5-6H,7H2,1-4H3,(H,14,15). The summed E-state index contributed by atoms with van der Waals surface area (Å²) < 4.78 is 0. The molecule has 0 fully saturated rings. The van der Waals surface area contributed by atoms with Gasteiger partial charge in [0.2, 0.25) is 5.91 Å². The van der Waals surface area contributed by atoms with Crippen LogP contribution in [0.25, 0.3) is 0 Å². The third kappa shape index (κ3) is 1.65. The summed E-state index contributed by atoms with van der Waals surface area (Å²) in [4.78, 5) is 11.4. The van der Waals surface area contributed by atoms with E-state index in [1.165, 1.54) is 11.1 Å². The minimum Gasteiger partial charge on any atom is -0.325 e. The van der Waals surface area contributed by atoms with Crippen LogP contribution in [0.2, 0.25) is 0 Å². The number of hydrogen-bond donors (Lipinski definition) is 1. The average Bonchev–Trinajstić information content (AvgIpc) is 2.41. The molecule has 0 saturated heterocycles. The van der Waals surface area contributed by atoms with Gasteiger partial charge < -0.3 is 5.32 Å². The number of anilines is 1. The highest BCUT2D eigenvalue weighted by Crippen LogP contribution is 2.37. The van der Waals surface area contributed by atoms with Gasteiger partial charge in [0.05, 0.1) is 6.42 Å². The zero-order chi connectivity index (χ0) is 11.2. The normalized spacial score (nSPS) is 15.1. The SMILES string of the molecule is Cc1ccc2c(c1C(C)(C)C)NC(=O)C2. The Balaban J connectivity index is 2.65. The molecule has 15 heavy (non-hydrogen) atoms. The maximum Gasteiger partial charge on any atom is 0.228 e. The van der Waals surface area contributed by atoms with Gasteiger partial charge in [-0.3, -0.25) is 4.79 Å². The molecule has 0 unspecified atom stereocenters. The Labute approximate surface area is 90.7 Å². The van der Waals surface area contributed by atoms with Crippen LogP contribution >= 0.6 is 0 Å². The summed E-state index contributed by atoms with van der Waals surface area (Å²) in [7, 11) is 0. The molecule has 1 heterocycles. The zero-order valence-electron chi connectivity index (χ0n) is 9.77. The Kier molecular flexibility index (Phi) is 2.10. The van der Waals surface area contributed by atoms with E-state index in [0.717, 1.165) is 11.3 Å². The number of benzene rings is 1. The molecule has 2 rings (SSSR count). The molecule has 1 aromatic carbocycles. The van der Waals surface area contributed by atoms with Crippen LogP contribution in [0.1, 0.15) is 37.5 Å². The molecule has 80 valence electrons. The number of nitrogens with one attached hydrogen (secondary N) is 1. The van der Waals surface area contributed by atoms with Gasteiger partial charge in [0.25, 0.3) is 0 Å². The van der Waals surface area contributed by atoms with Crippen molar-refractivity contribution in [3.05, 3.63) is 28.8 Å². The minimum atomic E-state index is 0.0764. The molecule has 0 spiro atoms. The van der Waals surface area contributed by atoms with Gasteiger partial charge in [0.15, 0.2) is 0 Å². The van der Waals surface area contributed by atoms with Gasteiger partial charge in [0.1, 0.15) is 0 Å². The largest absolute Gasteiger partial charge is 0.325 e. The molecule has 0 saturated carbocycles. The second kappa shape index (κ2) is 3.09. The van der Waals surface area contributed by atoms with Crippen molar-refractivity contribution in [1.29, 1.82) is 0 Å². The van der Waals surface area contributed by atoms with Gasteiger partial charge in [-0.05, 0) is 29.0 Å². The van der Waals surface area contributed by atoms with Crippen LogP contribution in [-0.4, -0.2) is 5.91 Å². The maximum atomic E-state index is 11.4. The molecule has 0 aromatic heterocycles. The molecular formula is C13H17NO. The molecule has 0 radical (unpaired) electrons. The van der Waals surface area contributed by atoms with Crippen LogP contribution in [0.5, 0.6) is 0 Å². The van der Waals surface area contributed by atoms with Crippen LogP contribution in [0.3, 0.4) is 0 Å². The number of aryl methyl sites for hydroxylation is 1. The zero-order valence-corrected chi connectivity index (χ0v) is 9.77. The van der Waals surface area contributed by atoms with Crippen LogP contribution < -0.4 is 5.32 Å².